The number of carbonyl (C=O) groups excluding carboxylic acids is 1. The van der Waals surface area contributed by atoms with E-state index < -0.39 is 118 Å². The normalized spacial score (nSPS) is 40.1. The minimum absolute atomic E-state index is 0.0100. The highest BCUT2D eigenvalue weighted by Crippen LogP contribution is 2.41. The summed E-state index contributed by atoms with van der Waals surface area (Å²) in [6.45, 7) is 18.2. The Morgan fingerprint density at radius 3 is 2.26 bits per heavy atom. The number of ether oxygens (including phenoxy) is 7. The Kier molecular flexibility index (Phi) is 21.1. The summed E-state index contributed by atoms with van der Waals surface area (Å²) in [6, 6.07) is 5.53. The maximum absolute atomic E-state index is 15.0. The van der Waals surface area contributed by atoms with Crippen LogP contribution in [-0.4, -0.2) is 199 Å². The van der Waals surface area contributed by atoms with Gasteiger partial charge in [-0.25, -0.2) is 12.8 Å². The zero-order valence-electron chi connectivity index (χ0n) is 47.5. The Bertz CT molecular complexity index is 2240. The molecule has 3 saturated heterocycles. The maximum Gasteiger partial charge on any atom is 0.311 e. The van der Waals surface area contributed by atoms with E-state index in [0.29, 0.717) is 38.8 Å². The lowest BCUT2D eigenvalue weighted by Gasteiger charge is -2.48. The fourth-order valence-electron chi connectivity index (χ4n) is 12.3. The molecule has 21 heteroatoms. The Hall–Kier alpha value is -2.87. The molecule has 0 aromatic heterocycles. The number of rotatable bonds is 16. The molecule has 434 valence electrons. The predicted molar refractivity (Wildman–Crippen MR) is 285 cm³/mol. The number of esters is 1. The highest BCUT2D eigenvalue weighted by molar-refractivity contribution is 7.92. The summed E-state index contributed by atoms with van der Waals surface area (Å²) in [5.74, 6) is -2.68. The predicted octanol–water partition coefficient (Wildman–Crippen LogP) is 4.39. The summed E-state index contributed by atoms with van der Waals surface area (Å²) in [5.41, 5.74) is 5.22. The van der Waals surface area contributed by atoms with Gasteiger partial charge in [0.25, 0.3) is 0 Å². The van der Waals surface area contributed by atoms with Crippen molar-refractivity contribution in [3.05, 3.63) is 53.4 Å². The van der Waals surface area contributed by atoms with Gasteiger partial charge >= 0.3 is 5.97 Å². The summed E-state index contributed by atoms with van der Waals surface area (Å²) in [6.07, 6.45) is -3.30. The SMILES string of the molecule is CC[C@H]1OC(=O)[C@H](C)[C@@H](O[C@H]2C[C@@](C)(OC)C[C@H](C)O2)[C@H](C)[C@@H](O[C@@H]2O[C@H](C)C[C@H](N(C)CCC3=CN([C@H](CF)[C@H](OC)c4ccc(C5=CCS(=O)(=O)C5)cc4)NN3)[C@H]2O)[C@](C)(O)C[C@@H](C)CN(C)[C@H](C)[C@@H](O)[C@]1(C)O. The first-order chi connectivity index (χ1) is 35.6. The number of alkyl halides is 1. The maximum atomic E-state index is 15.0. The molecule has 0 bridgehead atoms. The number of nitrogens with zero attached hydrogens (tertiary/aromatic N) is 3. The smallest absolute Gasteiger partial charge is 0.311 e. The Labute approximate surface area is 451 Å². The van der Waals surface area contributed by atoms with Crippen molar-refractivity contribution in [3.63, 3.8) is 0 Å². The standard InChI is InChI=1S/C55H92FN5O14S/c1-15-44-55(10,66)49(63)37(7)60(12)29-32(2)25-54(9,65)50(35(5)47(36(6)51(64)73-44)74-45-27-53(8,70-14)26-34(4)71-45)75-52-46(62)42(24-33(3)72-52)59(11)22-20-41-30-61(58-57-41)43(28-56)48(69-13)39-18-16-38(17-19-39)40-21-23-76(67,68)31-40/h16-19,21,30,32-37,42-50,52,57-58,62-63,65-66H,15,20,22-29,31H2,1-14H3/t32-,33-,34+,35+,36-,37-,42+,43-,44-,45+,46-,47+,48-,49-,50-,52+,53+,54-,55-/m1/s1. The molecule has 6 rings (SSSR count). The second kappa shape index (κ2) is 25.7. The van der Waals surface area contributed by atoms with Crippen LogP contribution in [-0.2, 0) is 47.8 Å². The molecule has 5 aliphatic heterocycles. The molecule has 6 N–H and O–H groups in total. The van der Waals surface area contributed by atoms with Gasteiger partial charge in [-0.05, 0) is 104 Å². The van der Waals surface area contributed by atoms with E-state index in [1.165, 1.54) is 14.0 Å². The topological polar surface area (TPSA) is 231 Å². The first-order valence-electron chi connectivity index (χ1n) is 27.2. The van der Waals surface area contributed by atoms with Gasteiger partial charge in [0, 0.05) is 76.5 Å². The zero-order chi connectivity index (χ0) is 56.2. The lowest BCUT2D eigenvalue weighted by Crippen LogP contribution is -2.60. The Balaban J connectivity index is 1.23. The second-order valence-electron chi connectivity index (χ2n) is 23.5. The summed E-state index contributed by atoms with van der Waals surface area (Å²) < 4.78 is 83.7. The summed E-state index contributed by atoms with van der Waals surface area (Å²) in [5, 5.41) is 50.4. The van der Waals surface area contributed by atoms with Crippen LogP contribution < -0.4 is 11.0 Å². The van der Waals surface area contributed by atoms with E-state index in [-0.39, 0.29) is 42.5 Å². The van der Waals surface area contributed by atoms with Crippen LogP contribution in [0.15, 0.2) is 42.2 Å². The van der Waals surface area contributed by atoms with Gasteiger partial charge in [0.05, 0.1) is 53.0 Å². The molecule has 0 unspecified atom stereocenters. The van der Waals surface area contributed by atoms with Crippen molar-refractivity contribution in [1.29, 1.82) is 0 Å². The van der Waals surface area contributed by atoms with Gasteiger partial charge in [0.1, 0.15) is 42.7 Å². The van der Waals surface area contributed by atoms with E-state index in [2.05, 4.69) is 11.0 Å². The molecular formula is C55H92FN5O14S. The van der Waals surface area contributed by atoms with Crippen LogP contribution in [0.4, 0.5) is 4.39 Å². The van der Waals surface area contributed by atoms with Crippen molar-refractivity contribution in [2.75, 3.05) is 59.6 Å². The molecule has 0 spiro atoms. The van der Waals surface area contributed by atoms with Gasteiger partial charge in [0.15, 0.2) is 22.4 Å². The number of halogens is 1. The molecule has 19 nitrogen and oxygen atoms in total. The number of carbonyl (C=O) groups is 1. The van der Waals surface area contributed by atoms with E-state index in [1.807, 2.05) is 82.8 Å². The molecule has 5 aliphatic rings. The largest absolute Gasteiger partial charge is 0.459 e. The lowest BCUT2D eigenvalue weighted by molar-refractivity contribution is -0.310. The fraction of sp³-hybridized carbons (Fsp3) is 0.800. The summed E-state index contributed by atoms with van der Waals surface area (Å²) in [4.78, 5) is 18.5. The van der Waals surface area contributed by atoms with Crippen LogP contribution in [0.2, 0.25) is 0 Å². The molecule has 1 aromatic rings. The quantitative estimate of drug-likeness (QED) is 0.126. The van der Waals surface area contributed by atoms with Crippen LogP contribution in [0.3, 0.4) is 0 Å². The van der Waals surface area contributed by atoms with E-state index >= 15 is 0 Å². The Morgan fingerprint density at radius 2 is 1.66 bits per heavy atom. The summed E-state index contributed by atoms with van der Waals surface area (Å²) >= 11 is 0. The number of sulfone groups is 1. The molecule has 5 heterocycles. The molecule has 19 atom stereocenters. The minimum Gasteiger partial charge on any atom is -0.459 e. The van der Waals surface area contributed by atoms with E-state index in [1.54, 1.807) is 52.1 Å². The second-order valence-corrected chi connectivity index (χ2v) is 25.6. The molecule has 0 amide bonds. The van der Waals surface area contributed by atoms with E-state index in [4.69, 9.17) is 33.2 Å². The molecule has 1 aromatic carbocycles. The number of hydrogen-bond donors (Lipinski definition) is 6. The van der Waals surface area contributed by atoms with E-state index in [9.17, 15) is 38.0 Å². The minimum atomic E-state index is -3.14. The third-order valence-electron chi connectivity index (χ3n) is 16.9. The lowest BCUT2D eigenvalue weighted by atomic mass is 9.77. The van der Waals surface area contributed by atoms with Gasteiger partial charge in [-0.1, -0.05) is 51.1 Å². The first-order valence-corrected chi connectivity index (χ1v) is 29.1. The fourth-order valence-corrected chi connectivity index (χ4v) is 13.7. The molecule has 3 fully saturated rings. The van der Waals surface area contributed by atoms with Gasteiger partial charge < -0.3 is 68.8 Å². The average molecular weight is 1100 g/mol. The zero-order valence-corrected chi connectivity index (χ0v) is 48.3. The highest BCUT2D eigenvalue weighted by Gasteiger charge is 2.52. The van der Waals surface area contributed by atoms with Gasteiger partial charge in [-0.15, -0.1) is 5.53 Å². The van der Waals surface area contributed by atoms with Gasteiger partial charge in [0.2, 0.25) is 0 Å². The molecule has 76 heavy (non-hydrogen) atoms. The number of aliphatic hydroxyl groups is 4. The van der Waals surface area contributed by atoms with Crippen molar-refractivity contribution < 1.29 is 71.2 Å². The van der Waals surface area contributed by atoms with Crippen molar-refractivity contribution in [1.82, 2.24) is 25.8 Å². The monoisotopic (exact) mass is 1100 g/mol. The first kappa shape index (κ1) is 62.3. The number of aliphatic hydroxyl groups excluding tert-OH is 2. The van der Waals surface area contributed by atoms with Crippen LogP contribution >= 0.6 is 0 Å². The van der Waals surface area contributed by atoms with Crippen LogP contribution in [0.1, 0.15) is 125 Å². The van der Waals surface area contributed by atoms with Gasteiger partial charge in [-0.2, -0.15) is 0 Å². The molecular weight excluding hydrogens is 1010 g/mol. The number of hydrogen-bond acceptors (Lipinski definition) is 19. The average Bonchev–Trinajstić information content (AvgIpc) is 3.99. The molecule has 0 radical (unpaired) electrons. The number of likely N-dealkylation sites (N-methyl/N-ethyl adjacent to an activating group) is 2. The van der Waals surface area contributed by atoms with Crippen molar-refractivity contribution in [2.24, 2.45) is 17.8 Å². The Morgan fingerprint density at radius 1 is 0.974 bits per heavy atom. The molecule has 0 aliphatic carbocycles. The molecule has 0 saturated carbocycles. The number of benzene rings is 1. The van der Waals surface area contributed by atoms with Crippen LogP contribution in [0, 0.1) is 17.8 Å². The van der Waals surface area contributed by atoms with E-state index in [0.717, 1.165) is 22.4 Å². The number of nitrogens with one attached hydrogen (secondary N) is 2. The third kappa shape index (κ3) is 14.7. The number of cyclic esters (lactones) is 1. The highest BCUT2D eigenvalue weighted by atomic mass is 32.2. The number of hydrazine groups is 2. The van der Waals surface area contributed by atoms with Crippen LogP contribution in [0.5, 0.6) is 0 Å². The summed E-state index contributed by atoms with van der Waals surface area (Å²) in [7, 11) is 3.77. The number of methoxy groups -OCH3 is 2. The van der Waals surface area contributed by atoms with Crippen LogP contribution in [0.25, 0.3) is 5.57 Å². The van der Waals surface area contributed by atoms with Gasteiger partial charge in [-0.3, -0.25) is 9.80 Å². The van der Waals surface area contributed by atoms with Crippen molar-refractivity contribution >= 4 is 21.4 Å². The van der Waals surface area contributed by atoms with Crippen molar-refractivity contribution in [3.8, 4) is 0 Å². The third-order valence-corrected chi connectivity index (χ3v) is 18.3. The van der Waals surface area contributed by atoms with Crippen molar-refractivity contribution in [2.45, 2.75) is 204 Å².